The zero-order valence-electron chi connectivity index (χ0n) is 13.7. The Bertz CT molecular complexity index is 771. The first-order chi connectivity index (χ1) is 11.5. The lowest BCUT2D eigenvalue weighted by molar-refractivity contribution is 0.0761. The number of amidine groups is 1. The second-order valence-corrected chi connectivity index (χ2v) is 5.95. The largest absolute Gasteiger partial charge is 0.328 e. The minimum Gasteiger partial charge on any atom is -0.328 e. The minimum absolute atomic E-state index is 0.0663. The number of hydrogen-bond acceptors (Lipinski definition) is 5. The SMILES string of the molecule is Cc1cc(C(=O)N2CCCC2C(=N)NO)c(-n2nccn2)cc1C. The lowest BCUT2D eigenvalue weighted by Crippen LogP contribution is -2.45. The van der Waals surface area contributed by atoms with Crippen molar-refractivity contribution < 1.29 is 10.0 Å². The van der Waals surface area contributed by atoms with Gasteiger partial charge in [0.15, 0.2) is 0 Å². The summed E-state index contributed by atoms with van der Waals surface area (Å²) in [6, 6.07) is 3.29. The molecule has 1 atom stereocenters. The van der Waals surface area contributed by atoms with Crippen molar-refractivity contribution >= 4 is 11.7 Å². The van der Waals surface area contributed by atoms with Crippen molar-refractivity contribution in [3.05, 3.63) is 41.2 Å². The second-order valence-electron chi connectivity index (χ2n) is 5.95. The summed E-state index contributed by atoms with van der Waals surface area (Å²) < 4.78 is 0. The smallest absolute Gasteiger partial charge is 0.256 e. The number of aryl methyl sites for hydroxylation is 2. The van der Waals surface area contributed by atoms with Crippen molar-refractivity contribution in [2.75, 3.05) is 6.54 Å². The van der Waals surface area contributed by atoms with E-state index in [0.29, 0.717) is 24.2 Å². The van der Waals surface area contributed by atoms with Crippen LogP contribution in [0.4, 0.5) is 0 Å². The fraction of sp³-hybridized carbons (Fsp3) is 0.375. The van der Waals surface area contributed by atoms with Crippen LogP contribution in [-0.4, -0.2) is 49.4 Å². The Morgan fingerprint density at radius 1 is 1.29 bits per heavy atom. The molecule has 1 aromatic carbocycles. The van der Waals surface area contributed by atoms with Crippen molar-refractivity contribution in [1.29, 1.82) is 5.41 Å². The molecule has 0 saturated carbocycles. The molecule has 3 rings (SSSR count). The van der Waals surface area contributed by atoms with E-state index in [-0.39, 0.29) is 11.7 Å². The lowest BCUT2D eigenvalue weighted by Gasteiger charge is -2.25. The molecule has 1 aromatic heterocycles. The van der Waals surface area contributed by atoms with Gasteiger partial charge in [-0.25, -0.2) is 0 Å². The number of nitrogens with one attached hydrogen (secondary N) is 2. The number of nitrogens with zero attached hydrogens (tertiary/aromatic N) is 4. The van der Waals surface area contributed by atoms with E-state index in [1.54, 1.807) is 17.3 Å². The fourth-order valence-electron chi connectivity index (χ4n) is 3.02. The van der Waals surface area contributed by atoms with Gasteiger partial charge in [-0.05, 0) is 49.9 Å². The Kier molecular flexibility index (Phi) is 4.30. The van der Waals surface area contributed by atoms with Gasteiger partial charge in [-0.1, -0.05) is 0 Å². The van der Waals surface area contributed by atoms with Gasteiger partial charge in [0.05, 0.1) is 29.7 Å². The van der Waals surface area contributed by atoms with Gasteiger partial charge in [-0.15, -0.1) is 0 Å². The number of hydrogen-bond donors (Lipinski definition) is 3. The van der Waals surface area contributed by atoms with Gasteiger partial charge in [0.2, 0.25) is 0 Å². The fourth-order valence-corrected chi connectivity index (χ4v) is 3.02. The third kappa shape index (κ3) is 2.76. The predicted octanol–water partition coefficient (Wildman–Crippen LogP) is 1.44. The Morgan fingerprint density at radius 2 is 1.96 bits per heavy atom. The van der Waals surface area contributed by atoms with Crippen LogP contribution in [0.15, 0.2) is 24.5 Å². The van der Waals surface area contributed by atoms with E-state index >= 15 is 0 Å². The molecule has 3 N–H and O–H groups in total. The molecule has 2 aromatic rings. The molecule has 0 spiro atoms. The summed E-state index contributed by atoms with van der Waals surface area (Å²) in [6.07, 6.45) is 4.57. The van der Waals surface area contributed by atoms with Gasteiger partial charge in [-0.3, -0.25) is 20.9 Å². The molecule has 2 heterocycles. The quantitative estimate of drug-likeness (QED) is 0.449. The van der Waals surface area contributed by atoms with E-state index in [4.69, 9.17) is 10.6 Å². The van der Waals surface area contributed by atoms with Gasteiger partial charge in [0.25, 0.3) is 5.91 Å². The van der Waals surface area contributed by atoms with Crippen LogP contribution in [0.3, 0.4) is 0 Å². The third-order valence-corrected chi connectivity index (χ3v) is 4.44. The molecule has 126 valence electrons. The molecule has 1 aliphatic heterocycles. The maximum Gasteiger partial charge on any atom is 0.256 e. The van der Waals surface area contributed by atoms with Crippen molar-refractivity contribution in [3.8, 4) is 5.69 Å². The number of hydroxylamine groups is 1. The van der Waals surface area contributed by atoms with Crippen molar-refractivity contribution in [2.45, 2.75) is 32.7 Å². The van der Waals surface area contributed by atoms with E-state index in [1.807, 2.05) is 31.5 Å². The molecule has 8 heteroatoms. The molecule has 1 amide bonds. The average Bonchev–Trinajstić information content (AvgIpc) is 3.26. The Labute approximate surface area is 139 Å². The Balaban J connectivity index is 2.03. The number of carbonyl (C=O) groups excluding carboxylic acids is 1. The molecule has 24 heavy (non-hydrogen) atoms. The van der Waals surface area contributed by atoms with Crippen molar-refractivity contribution in [1.82, 2.24) is 25.4 Å². The predicted molar refractivity (Wildman–Crippen MR) is 87.5 cm³/mol. The third-order valence-electron chi connectivity index (χ3n) is 4.44. The molecular weight excluding hydrogens is 308 g/mol. The summed E-state index contributed by atoms with van der Waals surface area (Å²) in [5.41, 5.74) is 5.01. The lowest BCUT2D eigenvalue weighted by atomic mass is 10.0. The molecule has 1 unspecified atom stereocenters. The average molecular weight is 328 g/mol. The summed E-state index contributed by atoms with van der Waals surface area (Å²) in [7, 11) is 0. The summed E-state index contributed by atoms with van der Waals surface area (Å²) in [6.45, 7) is 4.47. The number of carbonyl (C=O) groups is 1. The first-order valence-corrected chi connectivity index (χ1v) is 7.80. The first-order valence-electron chi connectivity index (χ1n) is 7.80. The molecule has 1 aliphatic rings. The van der Waals surface area contributed by atoms with Gasteiger partial charge in [0.1, 0.15) is 5.84 Å². The van der Waals surface area contributed by atoms with Gasteiger partial charge >= 0.3 is 0 Å². The van der Waals surface area contributed by atoms with Crippen molar-refractivity contribution in [3.63, 3.8) is 0 Å². The second kappa shape index (κ2) is 6.40. The highest BCUT2D eigenvalue weighted by molar-refractivity contribution is 6.01. The highest BCUT2D eigenvalue weighted by atomic mass is 16.5. The van der Waals surface area contributed by atoms with Crippen LogP contribution in [0, 0.1) is 19.3 Å². The normalized spacial score (nSPS) is 17.1. The van der Waals surface area contributed by atoms with Gasteiger partial charge < -0.3 is 4.90 Å². The van der Waals surface area contributed by atoms with E-state index in [2.05, 4.69) is 10.2 Å². The van der Waals surface area contributed by atoms with Crippen LogP contribution in [0.25, 0.3) is 5.69 Å². The topological polar surface area (TPSA) is 107 Å². The molecule has 0 bridgehead atoms. The van der Waals surface area contributed by atoms with Crippen LogP contribution in [-0.2, 0) is 0 Å². The minimum atomic E-state index is -0.442. The highest BCUT2D eigenvalue weighted by Crippen LogP contribution is 2.25. The maximum absolute atomic E-state index is 13.1. The van der Waals surface area contributed by atoms with Crippen molar-refractivity contribution in [2.24, 2.45) is 0 Å². The summed E-state index contributed by atoms with van der Waals surface area (Å²) in [5, 5.41) is 25.1. The van der Waals surface area contributed by atoms with Gasteiger partial charge in [0, 0.05) is 6.54 Å². The molecule has 8 nitrogen and oxygen atoms in total. The standard InChI is InChI=1S/C16H20N6O2/c1-10-8-12(14(9-11(10)2)22-18-5-6-19-22)16(23)21-7-3-4-13(21)15(17)20-24/h5-6,8-9,13,24H,3-4,7H2,1-2H3,(H2,17,20). The van der Waals surface area contributed by atoms with Crippen LogP contribution in [0.5, 0.6) is 0 Å². The van der Waals surface area contributed by atoms with E-state index in [9.17, 15) is 4.79 Å². The van der Waals surface area contributed by atoms with E-state index in [0.717, 1.165) is 17.5 Å². The number of rotatable bonds is 3. The Morgan fingerprint density at radius 3 is 2.62 bits per heavy atom. The zero-order valence-corrected chi connectivity index (χ0v) is 13.7. The van der Waals surface area contributed by atoms with Crippen LogP contribution < -0.4 is 5.48 Å². The summed E-state index contributed by atoms with van der Waals surface area (Å²) >= 11 is 0. The number of benzene rings is 1. The molecule has 1 saturated heterocycles. The first kappa shape index (κ1) is 16.1. The molecular formula is C16H20N6O2. The highest BCUT2D eigenvalue weighted by Gasteiger charge is 2.34. The monoisotopic (exact) mass is 328 g/mol. The summed E-state index contributed by atoms with van der Waals surface area (Å²) in [5.74, 6) is -0.253. The molecule has 0 aliphatic carbocycles. The summed E-state index contributed by atoms with van der Waals surface area (Å²) in [4.78, 5) is 16.2. The van der Waals surface area contributed by atoms with Crippen LogP contribution in [0.1, 0.15) is 34.3 Å². The number of likely N-dealkylation sites (tertiary alicyclic amines) is 1. The van der Waals surface area contributed by atoms with Crippen LogP contribution >= 0.6 is 0 Å². The van der Waals surface area contributed by atoms with Crippen LogP contribution in [0.2, 0.25) is 0 Å². The number of aromatic nitrogens is 3. The number of amides is 1. The Hall–Kier alpha value is -2.74. The molecule has 1 fully saturated rings. The van der Waals surface area contributed by atoms with Gasteiger partial charge in [-0.2, -0.15) is 15.0 Å². The van der Waals surface area contributed by atoms with E-state index < -0.39 is 6.04 Å². The van der Waals surface area contributed by atoms with E-state index in [1.165, 1.54) is 4.80 Å². The molecule has 0 radical (unpaired) electrons. The maximum atomic E-state index is 13.1. The zero-order chi connectivity index (χ0) is 17.3.